The molecule has 0 bridgehead atoms. The molecule has 150 valence electrons. The van der Waals surface area contributed by atoms with Gasteiger partial charge in [-0.2, -0.15) is 0 Å². The number of carbonyl (C=O) groups is 1. The number of thioether (sulfide) groups is 1. The molecule has 0 unspecified atom stereocenters. The van der Waals surface area contributed by atoms with Gasteiger partial charge in [0.25, 0.3) is 0 Å². The molecule has 1 saturated heterocycles. The van der Waals surface area contributed by atoms with Gasteiger partial charge in [-0.25, -0.2) is 12.7 Å². The van der Waals surface area contributed by atoms with Crippen LogP contribution >= 0.6 is 11.8 Å². The molecule has 27 heavy (non-hydrogen) atoms. The molecule has 9 heteroatoms. The van der Waals surface area contributed by atoms with Gasteiger partial charge in [0.2, 0.25) is 15.9 Å². The van der Waals surface area contributed by atoms with Gasteiger partial charge in [0.15, 0.2) is 11.5 Å². The van der Waals surface area contributed by atoms with Crippen molar-refractivity contribution >= 4 is 27.7 Å². The fourth-order valence-corrected chi connectivity index (χ4v) is 5.47. The molecule has 0 radical (unpaired) electrons. The molecule has 2 aliphatic rings. The maximum absolute atomic E-state index is 12.2. The van der Waals surface area contributed by atoms with E-state index in [1.165, 1.54) is 11.8 Å². The third-order valence-electron chi connectivity index (χ3n) is 4.56. The molecule has 0 atom stereocenters. The summed E-state index contributed by atoms with van der Waals surface area (Å²) in [5.41, 5.74) is 0. The molecule has 1 aromatic rings. The van der Waals surface area contributed by atoms with E-state index in [1.807, 2.05) is 25.1 Å². The van der Waals surface area contributed by atoms with Crippen LogP contribution in [-0.2, 0) is 14.8 Å². The molecule has 0 aliphatic carbocycles. The maximum Gasteiger partial charge on any atom is 0.230 e. The Balaban J connectivity index is 1.43. The van der Waals surface area contributed by atoms with Crippen molar-refractivity contribution in [2.45, 2.75) is 37.1 Å². The molecule has 3 rings (SSSR count). The lowest BCUT2D eigenvalue weighted by atomic mass is 10.1. The van der Waals surface area contributed by atoms with Crippen molar-refractivity contribution in [2.75, 3.05) is 37.8 Å². The van der Waals surface area contributed by atoms with E-state index in [4.69, 9.17) is 9.47 Å². The van der Waals surface area contributed by atoms with Gasteiger partial charge in [0.05, 0.1) is 11.5 Å². The molecule has 0 saturated carbocycles. The summed E-state index contributed by atoms with van der Waals surface area (Å²) in [4.78, 5) is 13.2. The predicted molar refractivity (Wildman–Crippen MR) is 105 cm³/mol. The Morgan fingerprint density at radius 1 is 1.22 bits per heavy atom. The fourth-order valence-electron chi connectivity index (χ4n) is 3.20. The van der Waals surface area contributed by atoms with E-state index >= 15 is 0 Å². The molecule has 2 heterocycles. The number of sulfonamides is 1. The van der Waals surface area contributed by atoms with E-state index < -0.39 is 10.0 Å². The average molecular weight is 415 g/mol. The summed E-state index contributed by atoms with van der Waals surface area (Å²) >= 11 is 1.45. The van der Waals surface area contributed by atoms with Gasteiger partial charge >= 0.3 is 0 Å². The van der Waals surface area contributed by atoms with Crippen LogP contribution in [0.2, 0.25) is 0 Å². The minimum absolute atomic E-state index is 0.0337. The molecular formula is C18H26N2O5S2. The van der Waals surface area contributed by atoms with Crippen LogP contribution in [0.15, 0.2) is 23.1 Å². The Bertz CT molecular complexity index is 761. The highest BCUT2D eigenvalue weighted by Crippen LogP contribution is 2.34. The zero-order chi connectivity index (χ0) is 19.3. The topological polar surface area (TPSA) is 84.9 Å². The molecule has 1 amide bonds. The first-order chi connectivity index (χ1) is 13.0. The molecule has 1 aromatic carbocycles. The van der Waals surface area contributed by atoms with E-state index in [-0.39, 0.29) is 17.7 Å². The quantitative estimate of drug-likeness (QED) is 0.686. The molecule has 1 N–H and O–H groups in total. The zero-order valence-electron chi connectivity index (χ0n) is 15.5. The monoisotopic (exact) mass is 414 g/mol. The number of benzene rings is 1. The van der Waals surface area contributed by atoms with Crippen molar-refractivity contribution in [1.29, 1.82) is 0 Å². The Hall–Kier alpha value is -1.45. The molecule has 1 fully saturated rings. The fraction of sp³-hybridized carbons (Fsp3) is 0.611. The lowest BCUT2D eigenvalue weighted by Gasteiger charge is -2.31. The summed E-state index contributed by atoms with van der Waals surface area (Å²) in [6.07, 6.45) is 1.93. The second kappa shape index (κ2) is 9.16. The highest BCUT2D eigenvalue weighted by molar-refractivity contribution is 8.00. The van der Waals surface area contributed by atoms with Crippen LogP contribution < -0.4 is 14.8 Å². The van der Waals surface area contributed by atoms with E-state index in [2.05, 4.69) is 5.32 Å². The van der Waals surface area contributed by atoms with Gasteiger partial charge in [0.1, 0.15) is 13.2 Å². The second-order valence-electron chi connectivity index (χ2n) is 6.65. The van der Waals surface area contributed by atoms with Crippen LogP contribution in [0.4, 0.5) is 0 Å². The summed E-state index contributed by atoms with van der Waals surface area (Å²) in [6, 6.07) is 5.71. The Morgan fingerprint density at radius 3 is 2.63 bits per heavy atom. The van der Waals surface area contributed by atoms with Crippen LogP contribution in [0.5, 0.6) is 11.5 Å². The molecule has 0 spiro atoms. The minimum Gasteiger partial charge on any atom is -0.486 e. The summed E-state index contributed by atoms with van der Waals surface area (Å²) < 4.78 is 36.8. The molecule has 7 nitrogen and oxygen atoms in total. The van der Waals surface area contributed by atoms with E-state index in [0.717, 1.165) is 10.6 Å². The third-order valence-corrected chi connectivity index (χ3v) is 7.63. The van der Waals surface area contributed by atoms with Crippen molar-refractivity contribution < 1.29 is 22.7 Å². The smallest absolute Gasteiger partial charge is 0.230 e. The van der Waals surface area contributed by atoms with E-state index in [9.17, 15) is 13.2 Å². The van der Waals surface area contributed by atoms with Gasteiger partial charge in [-0.1, -0.05) is 6.92 Å². The summed E-state index contributed by atoms with van der Waals surface area (Å²) in [6.45, 7) is 3.91. The van der Waals surface area contributed by atoms with Crippen molar-refractivity contribution in [3.63, 3.8) is 0 Å². The van der Waals surface area contributed by atoms with Crippen molar-refractivity contribution in [3.8, 4) is 11.5 Å². The SMILES string of the molecule is CCCS(=O)(=O)N1CCC(NC(=O)CSc2ccc3c(c2)OCCO3)CC1. The van der Waals surface area contributed by atoms with E-state index in [1.54, 1.807) is 4.31 Å². The molecule has 0 aromatic heterocycles. The predicted octanol–water partition coefficient (Wildman–Crippen LogP) is 1.87. The summed E-state index contributed by atoms with van der Waals surface area (Å²) in [5, 5.41) is 3.02. The van der Waals surface area contributed by atoms with Crippen molar-refractivity contribution in [3.05, 3.63) is 18.2 Å². The number of nitrogens with one attached hydrogen (secondary N) is 1. The van der Waals surface area contributed by atoms with Crippen molar-refractivity contribution in [2.24, 2.45) is 0 Å². The third kappa shape index (κ3) is 5.52. The lowest BCUT2D eigenvalue weighted by Crippen LogP contribution is -2.47. The first-order valence-electron chi connectivity index (χ1n) is 9.27. The first-order valence-corrected chi connectivity index (χ1v) is 11.9. The Labute approximate surface area is 164 Å². The molecule has 2 aliphatic heterocycles. The van der Waals surface area contributed by atoms with Crippen LogP contribution in [0.25, 0.3) is 0 Å². The van der Waals surface area contributed by atoms with Gasteiger partial charge < -0.3 is 14.8 Å². The number of carbonyl (C=O) groups excluding carboxylic acids is 1. The average Bonchev–Trinajstić information content (AvgIpc) is 2.66. The highest BCUT2D eigenvalue weighted by Gasteiger charge is 2.27. The Kier molecular flexibility index (Phi) is 6.88. The van der Waals surface area contributed by atoms with Gasteiger partial charge in [-0.3, -0.25) is 4.79 Å². The van der Waals surface area contributed by atoms with Crippen molar-refractivity contribution in [1.82, 2.24) is 9.62 Å². The number of piperidine rings is 1. The minimum atomic E-state index is -3.14. The second-order valence-corrected chi connectivity index (χ2v) is 9.79. The number of amides is 1. The number of ether oxygens (including phenoxy) is 2. The van der Waals surface area contributed by atoms with Crippen LogP contribution in [0.1, 0.15) is 26.2 Å². The zero-order valence-corrected chi connectivity index (χ0v) is 17.1. The summed E-state index contributed by atoms with van der Waals surface area (Å²) in [7, 11) is -3.14. The first kappa shape index (κ1) is 20.3. The van der Waals surface area contributed by atoms with Crippen LogP contribution in [0.3, 0.4) is 0 Å². The number of hydrogen-bond acceptors (Lipinski definition) is 6. The number of nitrogens with zero attached hydrogens (tertiary/aromatic N) is 1. The van der Waals surface area contributed by atoms with E-state index in [0.29, 0.717) is 57.1 Å². The van der Waals surface area contributed by atoms with Gasteiger partial charge in [-0.15, -0.1) is 11.8 Å². The van der Waals surface area contributed by atoms with Crippen LogP contribution in [0, 0.1) is 0 Å². The summed E-state index contributed by atoms with van der Waals surface area (Å²) in [5.74, 6) is 1.92. The Morgan fingerprint density at radius 2 is 1.93 bits per heavy atom. The standard InChI is InChI=1S/C18H26N2O5S2/c1-2-11-27(22,23)20-7-5-14(6-8-20)19-18(21)13-26-15-3-4-16-17(12-15)25-10-9-24-16/h3-4,12,14H,2,5-11,13H2,1H3,(H,19,21). The van der Waals surface area contributed by atoms with Gasteiger partial charge in [-0.05, 0) is 37.5 Å². The van der Waals surface area contributed by atoms with Crippen LogP contribution in [-0.4, -0.2) is 62.5 Å². The number of rotatable bonds is 7. The number of fused-ring (bicyclic) bond motifs is 1. The van der Waals surface area contributed by atoms with Gasteiger partial charge in [0, 0.05) is 24.0 Å². The normalized spacial score (nSPS) is 18.3. The largest absolute Gasteiger partial charge is 0.486 e. The highest BCUT2D eigenvalue weighted by atomic mass is 32.2. The molecular weight excluding hydrogens is 388 g/mol. The number of hydrogen-bond donors (Lipinski definition) is 1. The maximum atomic E-state index is 12.2. The lowest BCUT2D eigenvalue weighted by molar-refractivity contribution is -0.119.